The fraction of sp³-hybridized carbons (Fsp3) is 0.556. The van der Waals surface area contributed by atoms with Gasteiger partial charge in [-0.25, -0.2) is 4.72 Å². The van der Waals surface area contributed by atoms with Crippen LogP contribution < -0.4 is 4.72 Å². The quantitative estimate of drug-likeness (QED) is 0.678. The lowest BCUT2D eigenvalue weighted by molar-refractivity contribution is -0.00645. The van der Waals surface area contributed by atoms with Crippen LogP contribution in [0, 0.1) is 0 Å². The van der Waals surface area contributed by atoms with Gasteiger partial charge in [0.15, 0.2) is 0 Å². The second-order valence-electron chi connectivity index (χ2n) is 7.40. The van der Waals surface area contributed by atoms with E-state index < -0.39 is 10.2 Å². The van der Waals surface area contributed by atoms with Gasteiger partial charge in [0.1, 0.15) is 0 Å². The smallest absolute Gasteiger partial charge is 0.278 e. The maximum absolute atomic E-state index is 11.9. The molecule has 0 aliphatic carbocycles. The van der Waals surface area contributed by atoms with Crippen LogP contribution in [0.1, 0.15) is 26.3 Å². The third kappa shape index (κ3) is 5.79. The average Bonchev–Trinajstić information content (AvgIpc) is 2.83. The zero-order chi connectivity index (χ0) is 19.5. The number of fused-ring (bicyclic) bond motifs is 1. The molecule has 0 aliphatic heterocycles. The zero-order valence-corrected chi connectivity index (χ0v) is 18.4. The molecule has 0 radical (unpaired) electrons. The van der Waals surface area contributed by atoms with Gasteiger partial charge in [-0.05, 0) is 44.9 Å². The molecule has 2 rings (SSSR count). The molecule has 0 bridgehead atoms. The highest BCUT2D eigenvalue weighted by Crippen LogP contribution is 2.25. The fourth-order valence-corrected chi connectivity index (χ4v) is 3.59. The van der Waals surface area contributed by atoms with Crippen LogP contribution in [0.5, 0.6) is 0 Å². The molecule has 0 atom stereocenters. The topological polar surface area (TPSA) is 63.6 Å². The summed E-state index contributed by atoms with van der Waals surface area (Å²) in [5.41, 5.74) is 2.06. The van der Waals surface area contributed by atoms with Crippen LogP contribution in [-0.2, 0) is 27.9 Å². The Hall–Kier alpha value is -0.930. The van der Waals surface area contributed by atoms with E-state index in [-0.39, 0.29) is 5.60 Å². The molecule has 1 aromatic heterocycles. The molecule has 1 heterocycles. The number of nitrogens with zero attached hydrogens (tertiary/aromatic N) is 2. The summed E-state index contributed by atoms with van der Waals surface area (Å²) in [5, 5.41) is 1.13. The lowest BCUT2D eigenvalue weighted by atomic mass is 10.1. The van der Waals surface area contributed by atoms with Gasteiger partial charge in [-0.1, -0.05) is 22.0 Å². The summed E-state index contributed by atoms with van der Waals surface area (Å²) in [7, 11) is -0.373. The Kier molecular flexibility index (Phi) is 6.90. The average molecular weight is 446 g/mol. The van der Waals surface area contributed by atoms with Gasteiger partial charge in [0, 0.05) is 48.8 Å². The monoisotopic (exact) mass is 445 g/mol. The number of hydrogen-bond donors (Lipinski definition) is 1. The van der Waals surface area contributed by atoms with Crippen molar-refractivity contribution in [2.24, 2.45) is 0 Å². The van der Waals surface area contributed by atoms with Crippen molar-refractivity contribution >= 4 is 37.0 Å². The van der Waals surface area contributed by atoms with Gasteiger partial charge in [0.2, 0.25) is 0 Å². The Morgan fingerprint density at radius 1 is 1.27 bits per heavy atom. The summed E-state index contributed by atoms with van der Waals surface area (Å²) in [6, 6.07) is 6.15. The molecular formula is C18H28BrN3O3S. The van der Waals surface area contributed by atoms with E-state index >= 15 is 0 Å². The van der Waals surface area contributed by atoms with E-state index in [0.29, 0.717) is 19.6 Å². The Balaban J connectivity index is 2.16. The van der Waals surface area contributed by atoms with Crippen LogP contribution in [0.15, 0.2) is 28.9 Å². The van der Waals surface area contributed by atoms with Crippen molar-refractivity contribution in [1.82, 2.24) is 13.6 Å². The van der Waals surface area contributed by atoms with Crippen molar-refractivity contribution in [3.05, 3.63) is 34.4 Å². The van der Waals surface area contributed by atoms with Crippen molar-refractivity contribution in [1.29, 1.82) is 0 Å². The molecule has 0 unspecified atom stereocenters. The standard InChI is InChI=1S/C18H28BrN3O3S/c1-18(2,3)25-11-10-22-13-14(8-9-20-26(23,24)21(4)5)16-7-6-15(19)12-17(16)22/h6-7,12-13,20H,8-11H2,1-5H3. The predicted molar refractivity (Wildman–Crippen MR) is 110 cm³/mol. The van der Waals surface area contributed by atoms with E-state index in [2.05, 4.69) is 43.5 Å². The molecule has 6 nitrogen and oxygen atoms in total. The van der Waals surface area contributed by atoms with Crippen LogP contribution in [0.4, 0.5) is 0 Å². The van der Waals surface area contributed by atoms with Gasteiger partial charge in [-0.15, -0.1) is 0 Å². The predicted octanol–water partition coefficient (Wildman–Crippen LogP) is 3.16. The van der Waals surface area contributed by atoms with Crippen molar-refractivity contribution in [3.8, 4) is 0 Å². The maximum atomic E-state index is 11.9. The summed E-state index contributed by atoms with van der Waals surface area (Å²) < 4.78 is 36.5. The minimum atomic E-state index is -3.40. The molecule has 26 heavy (non-hydrogen) atoms. The van der Waals surface area contributed by atoms with E-state index in [1.165, 1.54) is 18.4 Å². The van der Waals surface area contributed by atoms with E-state index in [1.54, 1.807) is 0 Å². The van der Waals surface area contributed by atoms with E-state index in [0.717, 1.165) is 27.5 Å². The lowest BCUT2D eigenvalue weighted by Crippen LogP contribution is -2.36. The van der Waals surface area contributed by atoms with E-state index in [9.17, 15) is 8.42 Å². The molecule has 1 aromatic carbocycles. The number of rotatable bonds is 8. The number of nitrogens with one attached hydrogen (secondary N) is 1. The van der Waals surface area contributed by atoms with Crippen LogP contribution in [0.3, 0.4) is 0 Å². The van der Waals surface area contributed by atoms with Crippen molar-refractivity contribution in [3.63, 3.8) is 0 Å². The van der Waals surface area contributed by atoms with Gasteiger partial charge in [0.25, 0.3) is 10.2 Å². The number of aromatic nitrogens is 1. The Labute approximate surface area is 164 Å². The molecule has 0 spiro atoms. The molecule has 0 amide bonds. The highest BCUT2D eigenvalue weighted by Gasteiger charge is 2.15. The maximum Gasteiger partial charge on any atom is 0.278 e. The lowest BCUT2D eigenvalue weighted by Gasteiger charge is -2.19. The first-order valence-electron chi connectivity index (χ1n) is 8.58. The summed E-state index contributed by atoms with van der Waals surface area (Å²) in [5.74, 6) is 0. The van der Waals surface area contributed by atoms with E-state index in [4.69, 9.17) is 4.74 Å². The molecule has 2 aromatic rings. The van der Waals surface area contributed by atoms with Gasteiger partial charge in [-0.3, -0.25) is 0 Å². The van der Waals surface area contributed by atoms with E-state index in [1.807, 2.05) is 26.8 Å². The highest BCUT2D eigenvalue weighted by molar-refractivity contribution is 9.10. The fourth-order valence-electron chi connectivity index (χ4n) is 2.62. The Morgan fingerprint density at radius 2 is 1.96 bits per heavy atom. The van der Waals surface area contributed by atoms with Crippen molar-refractivity contribution < 1.29 is 13.2 Å². The first-order chi connectivity index (χ1) is 12.0. The normalized spacial score (nSPS) is 13.0. The number of halogens is 1. The minimum absolute atomic E-state index is 0.170. The van der Waals surface area contributed by atoms with Gasteiger partial charge in [0.05, 0.1) is 12.2 Å². The van der Waals surface area contributed by atoms with Crippen molar-refractivity contribution in [2.45, 2.75) is 39.3 Å². The van der Waals surface area contributed by atoms with Crippen molar-refractivity contribution in [2.75, 3.05) is 27.2 Å². The molecular weight excluding hydrogens is 418 g/mol. The first kappa shape index (κ1) is 21.4. The molecule has 8 heteroatoms. The molecule has 0 saturated carbocycles. The minimum Gasteiger partial charge on any atom is -0.374 e. The SMILES string of the molecule is CN(C)S(=O)(=O)NCCc1cn(CCOC(C)(C)C)c2cc(Br)ccc12. The first-order valence-corrected chi connectivity index (χ1v) is 10.8. The van der Waals surface area contributed by atoms with Gasteiger partial charge >= 0.3 is 0 Å². The van der Waals surface area contributed by atoms with Crippen LogP contribution in [0.25, 0.3) is 10.9 Å². The second kappa shape index (κ2) is 8.39. The second-order valence-corrected chi connectivity index (χ2v) is 10.3. The number of benzene rings is 1. The highest BCUT2D eigenvalue weighted by atomic mass is 79.9. The molecule has 0 saturated heterocycles. The van der Waals surface area contributed by atoms with Gasteiger partial charge in [-0.2, -0.15) is 12.7 Å². The largest absolute Gasteiger partial charge is 0.374 e. The molecule has 0 fully saturated rings. The summed E-state index contributed by atoms with van der Waals surface area (Å²) in [6.07, 6.45) is 2.71. The van der Waals surface area contributed by atoms with Crippen LogP contribution >= 0.6 is 15.9 Å². The Bertz CT molecular complexity index is 854. The zero-order valence-electron chi connectivity index (χ0n) is 16.0. The number of ether oxygens (including phenoxy) is 1. The summed E-state index contributed by atoms with van der Waals surface area (Å²) >= 11 is 3.53. The third-order valence-electron chi connectivity index (χ3n) is 3.95. The Morgan fingerprint density at radius 3 is 2.58 bits per heavy atom. The van der Waals surface area contributed by atoms with Crippen LogP contribution in [-0.4, -0.2) is 50.1 Å². The third-order valence-corrected chi connectivity index (χ3v) is 5.98. The molecule has 1 N–H and O–H groups in total. The number of hydrogen-bond acceptors (Lipinski definition) is 3. The molecule has 146 valence electrons. The summed E-state index contributed by atoms with van der Waals surface area (Å²) in [6.45, 7) is 7.84. The summed E-state index contributed by atoms with van der Waals surface area (Å²) in [4.78, 5) is 0. The van der Waals surface area contributed by atoms with Crippen LogP contribution in [0.2, 0.25) is 0 Å². The van der Waals surface area contributed by atoms with Gasteiger partial charge < -0.3 is 9.30 Å². The molecule has 0 aliphatic rings.